The van der Waals surface area contributed by atoms with Gasteiger partial charge < -0.3 is 5.11 Å². The molecule has 0 unspecified atom stereocenters. The number of allylic oxidation sites excluding steroid dienone is 2. The van der Waals surface area contributed by atoms with Crippen molar-refractivity contribution in [1.29, 1.82) is 0 Å². The number of carboxylic acids is 1. The number of halogens is 1. The summed E-state index contributed by atoms with van der Waals surface area (Å²) in [5.41, 5.74) is 0. The summed E-state index contributed by atoms with van der Waals surface area (Å²) in [5.74, 6) is -1.12. The molecule has 1 aliphatic rings. The SMILES string of the molecule is O=C(O)C1(Sc2ccc(F)cc2)CC=CC1. The highest BCUT2D eigenvalue weighted by atomic mass is 32.2. The first-order valence-corrected chi connectivity index (χ1v) is 5.77. The van der Waals surface area contributed by atoms with Gasteiger partial charge in [-0.05, 0) is 37.1 Å². The lowest BCUT2D eigenvalue weighted by Gasteiger charge is -2.22. The van der Waals surface area contributed by atoms with Gasteiger partial charge in [0.25, 0.3) is 0 Å². The fourth-order valence-electron chi connectivity index (χ4n) is 1.66. The average molecular weight is 238 g/mol. The summed E-state index contributed by atoms with van der Waals surface area (Å²) >= 11 is 1.29. The third-order valence-corrected chi connectivity index (χ3v) is 3.99. The Hall–Kier alpha value is -1.29. The Bertz CT molecular complexity index is 417. The van der Waals surface area contributed by atoms with E-state index in [1.165, 1.54) is 23.9 Å². The van der Waals surface area contributed by atoms with Gasteiger partial charge in [-0.25, -0.2) is 4.39 Å². The lowest BCUT2D eigenvalue weighted by atomic mass is 10.1. The molecule has 84 valence electrons. The molecule has 4 heteroatoms. The molecule has 0 aliphatic heterocycles. The number of thioether (sulfide) groups is 1. The molecule has 0 bridgehead atoms. The van der Waals surface area contributed by atoms with Crippen molar-refractivity contribution in [3.63, 3.8) is 0 Å². The minimum absolute atomic E-state index is 0.307. The Labute approximate surface area is 97.2 Å². The van der Waals surface area contributed by atoms with Crippen molar-refractivity contribution in [3.8, 4) is 0 Å². The number of rotatable bonds is 3. The van der Waals surface area contributed by atoms with E-state index in [-0.39, 0.29) is 5.82 Å². The van der Waals surface area contributed by atoms with Gasteiger partial charge in [0.2, 0.25) is 0 Å². The molecule has 2 rings (SSSR count). The van der Waals surface area contributed by atoms with Crippen LogP contribution < -0.4 is 0 Å². The van der Waals surface area contributed by atoms with Crippen molar-refractivity contribution in [2.75, 3.05) is 0 Å². The van der Waals surface area contributed by atoms with E-state index in [2.05, 4.69) is 0 Å². The van der Waals surface area contributed by atoms with Gasteiger partial charge in [-0.1, -0.05) is 12.2 Å². The van der Waals surface area contributed by atoms with Crippen LogP contribution in [0.3, 0.4) is 0 Å². The summed E-state index contributed by atoms with van der Waals surface area (Å²) in [6.45, 7) is 0. The van der Waals surface area contributed by atoms with Gasteiger partial charge in [0, 0.05) is 4.90 Å². The number of benzene rings is 1. The quantitative estimate of drug-likeness (QED) is 0.822. The lowest BCUT2D eigenvalue weighted by Crippen LogP contribution is -2.31. The van der Waals surface area contributed by atoms with Crippen LogP contribution in [0.5, 0.6) is 0 Å². The second-order valence-electron chi connectivity index (χ2n) is 3.74. The minimum Gasteiger partial charge on any atom is -0.480 e. The van der Waals surface area contributed by atoms with E-state index in [4.69, 9.17) is 0 Å². The van der Waals surface area contributed by atoms with Crippen molar-refractivity contribution in [3.05, 3.63) is 42.2 Å². The van der Waals surface area contributed by atoms with Crippen molar-refractivity contribution >= 4 is 17.7 Å². The normalized spacial score (nSPS) is 17.6. The molecule has 0 spiro atoms. The van der Waals surface area contributed by atoms with E-state index >= 15 is 0 Å². The topological polar surface area (TPSA) is 37.3 Å². The van der Waals surface area contributed by atoms with E-state index in [1.807, 2.05) is 12.2 Å². The third kappa shape index (κ3) is 2.11. The second kappa shape index (κ2) is 4.29. The van der Waals surface area contributed by atoms with E-state index in [0.29, 0.717) is 12.8 Å². The molecule has 0 aromatic heterocycles. The van der Waals surface area contributed by atoms with E-state index in [0.717, 1.165) is 4.90 Å². The van der Waals surface area contributed by atoms with Crippen LogP contribution in [0.2, 0.25) is 0 Å². The van der Waals surface area contributed by atoms with Gasteiger partial charge >= 0.3 is 5.97 Å². The lowest BCUT2D eigenvalue weighted by molar-refractivity contribution is -0.139. The molecule has 1 aromatic rings. The molecule has 0 radical (unpaired) electrons. The predicted molar refractivity (Wildman–Crippen MR) is 61.0 cm³/mol. The fourth-order valence-corrected chi connectivity index (χ4v) is 2.83. The Kier molecular flexibility index (Phi) is 3.01. The summed E-state index contributed by atoms with van der Waals surface area (Å²) < 4.78 is 11.9. The van der Waals surface area contributed by atoms with E-state index in [9.17, 15) is 14.3 Å². The molecule has 0 saturated heterocycles. The van der Waals surface area contributed by atoms with E-state index in [1.54, 1.807) is 12.1 Å². The summed E-state index contributed by atoms with van der Waals surface area (Å²) in [5, 5.41) is 9.24. The Morgan fingerprint density at radius 2 is 1.81 bits per heavy atom. The highest BCUT2D eigenvalue weighted by molar-refractivity contribution is 8.01. The van der Waals surface area contributed by atoms with Gasteiger partial charge in [-0.2, -0.15) is 0 Å². The molecule has 0 heterocycles. The van der Waals surface area contributed by atoms with Crippen LogP contribution >= 0.6 is 11.8 Å². The summed E-state index contributed by atoms with van der Waals surface area (Å²) in [7, 11) is 0. The fraction of sp³-hybridized carbons (Fsp3) is 0.250. The van der Waals surface area contributed by atoms with E-state index < -0.39 is 10.7 Å². The highest BCUT2D eigenvalue weighted by Gasteiger charge is 2.40. The maximum atomic E-state index is 12.7. The molecule has 1 N–H and O–H groups in total. The number of carboxylic acid groups (broad SMARTS) is 1. The van der Waals surface area contributed by atoms with Crippen LogP contribution in [0.4, 0.5) is 4.39 Å². The molecule has 0 amide bonds. The van der Waals surface area contributed by atoms with Crippen molar-refractivity contribution in [2.45, 2.75) is 22.5 Å². The molecule has 0 fully saturated rings. The highest BCUT2D eigenvalue weighted by Crippen LogP contribution is 2.42. The van der Waals surface area contributed by atoms with Gasteiger partial charge in [0.05, 0.1) is 0 Å². The minimum atomic E-state index is -0.813. The van der Waals surface area contributed by atoms with Crippen molar-refractivity contribution in [2.24, 2.45) is 0 Å². The first-order chi connectivity index (χ1) is 7.62. The van der Waals surface area contributed by atoms with Crippen LogP contribution in [0.25, 0.3) is 0 Å². The maximum absolute atomic E-state index is 12.7. The molecule has 1 aliphatic carbocycles. The first-order valence-electron chi connectivity index (χ1n) is 4.95. The second-order valence-corrected chi connectivity index (χ2v) is 5.19. The summed E-state index contributed by atoms with van der Waals surface area (Å²) in [6, 6.07) is 5.92. The van der Waals surface area contributed by atoms with Gasteiger partial charge in [-0.15, -0.1) is 11.8 Å². The monoisotopic (exact) mass is 238 g/mol. The molecular formula is C12H11FO2S. The van der Waals surface area contributed by atoms with Gasteiger partial charge in [-0.3, -0.25) is 4.79 Å². The maximum Gasteiger partial charge on any atom is 0.320 e. The Balaban J connectivity index is 2.18. The van der Waals surface area contributed by atoms with Gasteiger partial charge in [0.15, 0.2) is 0 Å². The van der Waals surface area contributed by atoms with Crippen molar-refractivity contribution in [1.82, 2.24) is 0 Å². The Morgan fingerprint density at radius 1 is 1.25 bits per heavy atom. The van der Waals surface area contributed by atoms with Crippen LogP contribution in [0, 0.1) is 5.82 Å². The molecule has 1 aromatic carbocycles. The Morgan fingerprint density at radius 3 is 2.31 bits per heavy atom. The van der Waals surface area contributed by atoms with Crippen molar-refractivity contribution < 1.29 is 14.3 Å². The number of hydrogen-bond donors (Lipinski definition) is 1. The van der Waals surface area contributed by atoms with Crippen LogP contribution in [0.15, 0.2) is 41.3 Å². The van der Waals surface area contributed by atoms with Gasteiger partial charge in [0.1, 0.15) is 10.6 Å². The third-order valence-electron chi connectivity index (χ3n) is 2.58. The zero-order valence-electron chi connectivity index (χ0n) is 8.52. The molecule has 2 nitrogen and oxygen atoms in total. The molecule has 0 saturated carbocycles. The summed E-state index contributed by atoms with van der Waals surface area (Å²) in [6.07, 6.45) is 4.80. The number of aliphatic carboxylic acids is 1. The standard InChI is InChI=1S/C12H11FO2S/c13-9-3-5-10(6-4-9)16-12(11(14)15)7-1-2-8-12/h1-6H,7-8H2,(H,14,15). The zero-order valence-corrected chi connectivity index (χ0v) is 9.34. The smallest absolute Gasteiger partial charge is 0.320 e. The van der Waals surface area contributed by atoms with Crippen LogP contribution in [0.1, 0.15) is 12.8 Å². The largest absolute Gasteiger partial charge is 0.480 e. The molecule has 0 atom stereocenters. The zero-order chi connectivity index (χ0) is 11.6. The van der Waals surface area contributed by atoms with Crippen LogP contribution in [-0.4, -0.2) is 15.8 Å². The first kappa shape index (κ1) is 11.2. The predicted octanol–water partition coefficient (Wildman–Crippen LogP) is 3.09. The summed E-state index contributed by atoms with van der Waals surface area (Å²) in [4.78, 5) is 12.0. The molecule has 16 heavy (non-hydrogen) atoms. The number of carbonyl (C=O) groups is 1. The molecular weight excluding hydrogens is 227 g/mol. The van der Waals surface area contributed by atoms with Crippen LogP contribution in [-0.2, 0) is 4.79 Å². The average Bonchev–Trinajstić information content (AvgIpc) is 2.71. The number of hydrogen-bond acceptors (Lipinski definition) is 2.